The molecule has 1 fully saturated rings. The van der Waals surface area contributed by atoms with Crippen molar-refractivity contribution >= 4 is 10.0 Å². The number of likely N-dealkylation sites (tertiary alicyclic amines) is 1. The second-order valence-electron chi connectivity index (χ2n) is 6.43. The van der Waals surface area contributed by atoms with E-state index in [0.29, 0.717) is 25.1 Å². The van der Waals surface area contributed by atoms with Crippen LogP contribution in [-0.2, 0) is 28.5 Å². The van der Waals surface area contributed by atoms with Crippen molar-refractivity contribution in [1.82, 2.24) is 19.4 Å². The van der Waals surface area contributed by atoms with E-state index in [0.717, 1.165) is 0 Å². The molecular formula is C16H19F3N4O3S. The number of sulfonamides is 1. The van der Waals surface area contributed by atoms with Crippen LogP contribution in [0.4, 0.5) is 13.2 Å². The fourth-order valence-corrected chi connectivity index (χ4v) is 4.43. The van der Waals surface area contributed by atoms with Crippen LogP contribution in [0.3, 0.4) is 0 Å². The number of aromatic nitrogens is 2. The molecule has 7 nitrogen and oxygen atoms in total. The van der Waals surface area contributed by atoms with E-state index in [9.17, 15) is 21.6 Å². The molecule has 1 aromatic carbocycles. The van der Waals surface area contributed by atoms with Crippen LogP contribution in [0.1, 0.15) is 23.8 Å². The van der Waals surface area contributed by atoms with E-state index in [1.807, 2.05) is 6.07 Å². The lowest BCUT2D eigenvalue weighted by molar-refractivity contribution is -0.157. The van der Waals surface area contributed by atoms with Crippen LogP contribution in [-0.4, -0.2) is 54.0 Å². The second-order valence-corrected chi connectivity index (χ2v) is 8.46. The number of nitrogens with zero attached hydrogens (tertiary/aromatic N) is 4. The van der Waals surface area contributed by atoms with Crippen LogP contribution in [0.25, 0.3) is 0 Å². The minimum absolute atomic E-state index is 0.0478. The summed E-state index contributed by atoms with van der Waals surface area (Å²) in [6, 6.07) is 8.61. The summed E-state index contributed by atoms with van der Waals surface area (Å²) in [6.07, 6.45) is -4.10. The SMILES string of the molecule is CN(C1CCN(Cc2nnc(C(F)(F)F)o2)C1)S(=O)(=O)Cc1ccccc1. The minimum Gasteiger partial charge on any atom is -0.416 e. The Morgan fingerprint density at radius 1 is 1.26 bits per heavy atom. The van der Waals surface area contributed by atoms with Crippen LogP contribution in [0.5, 0.6) is 0 Å². The summed E-state index contributed by atoms with van der Waals surface area (Å²) < 4.78 is 68.7. The number of rotatable bonds is 6. The van der Waals surface area contributed by atoms with Gasteiger partial charge in [0.15, 0.2) is 0 Å². The molecule has 0 radical (unpaired) electrons. The molecule has 0 aliphatic carbocycles. The maximum absolute atomic E-state index is 12.6. The van der Waals surface area contributed by atoms with Gasteiger partial charge in [-0.3, -0.25) is 4.90 Å². The first-order valence-corrected chi connectivity index (χ1v) is 9.87. The fraction of sp³-hybridized carbons (Fsp3) is 0.500. The molecule has 148 valence electrons. The van der Waals surface area contributed by atoms with Crippen LogP contribution in [0, 0.1) is 0 Å². The van der Waals surface area contributed by atoms with Gasteiger partial charge in [0.25, 0.3) is 0 Å². The molecule has 2 heterocycles. The average molecular weight is 404 g/mol. The molecule has 27 heavy (non-hydrogen) atoms. The Labute approximate surface area is 154 Å². The number of hydrogen-bond acceptors (Lipinski definition) is 6. The van der Waals surface area contributed by atoms with Gasteiger partial charge in [0.2, 0.25) is 15.9 Å². The van der Waals surface area contributed by atoms with Gasteiger partial charge < -0.3 is 4.42 Å². The van der Waals surface area contributed by atoms with Crippen molar-refractivity contribution in [2.75, 3.05) is 20.1 Å². The van der Waals surface area contributed by atoms with Crippen molar-refractivity contribution in [3.63, 3.8) is 0 Å². The van der Waals surface area contributed by atoms with Crippen LogP contribution in [0.15, 0.2) is 34.7 Å². The molecule has 1 atom stereocenters. The summed E-state index contributed by atoms with van der Waals surface area (Å²) in [6.45, 7) is 0.958. The monoisotopic (exact) mass is 404 g/mol. The number of likely N-dealkylation sites (N-methyl/N-ethyl adjacent to an activating group) is 1. The lowest BCUT2D eigenvalue weighted by Gasteiger charge is -2.24. The smallest absolute Gasteiger partial charge is 0.416 e. The highest BCUT2D eigenvalue weighted by molar-refractivity contribution is 7.88. The van der Waals surface area contributed by atoms with Crippen molar-refractivity contribution in [1.29, 1.82) is 0 Å². The zero-order valence-corrected chi connectivity index (χ0v) is 15.4. The molecule has 0 N–H and O–H groups in total. The number of hydrogen-bond donors (Lipinski definition) is 0. The molecule has 1 aliphatic heterocycles. The number of halogens is 3. The predicted octanol–water partition coefficient (Wildman–Crippen LogP) is 2.12. The molecular weight excluding hydrogens is 385 g/mol. The molecule has 1 aliphatic rings. The molecule has 0 bridgehead atoms. The van der Waals surface area contributed by atoms with Crippen molar-refractivity contribution < 1.29 is 26.0 Å². The summed E-state index contributed by atoms with van der Waals surface area (Å²) >= 11 is 0. The molecule has 1 saturated heterocycles. The maximum atomic E-state index is 12.6. The Bertz CT molecular complexity index is 871. The molecule has 0 spiro atoms. The number of benzene rings is 1. The van der Waals surface area contributed by atoms with Gasteiger partial charge in [-0.05, 0) is 12.0 Å². The highest BCUT2D eigenvalue weighted by Crippen LogP contribution is 2.28. The largest absolute Gasteiger partial charge is 0.470 e. The lowest BCUT2D eigenvalue weighted by Crippen LogP contribution is -2.39. The lowest BCUT2D eigenvalue weighted by atomic mass is 10.2. The Morgan fingerprint density at radius 2 is 1.96 bits per heavy atom. The summed E-state index contributed by atoms with van der Waals surface area (Å²) in [5.74, 6) is -1.62. The van der Waals surface area contributed by atoms with Crippen LogP contribution >= 0.6 is 0 Å². The topological polar surface area (TPSA) is 79.5 Å². The van der Waals surface area contributed by atoms with E-state index in [-0.39, 0.29) is 24.2 Å². The molecule has 1 aromatic heterocycles. The van der Waals surface area contributed by atoms with Crippen LogP contribution < -0.4 is 0 Å². The third-order valence-corrected chi connectivity index (χ3v) is 6.33. The first-order valence-electron chi connectivity index (χ1n) is 8.27. The molecule has 0 saturated carbocycles. The summed E-state index contributed by atoms with van der Waals surface area (Å²) in [7, 11) is -1.97. The zero-order valence-electron chi connectivity index (χ0n) is 14.6. The first kappa shape index (κ1) is 19.8. The Balaban J connectivity index is 1.59. The summed E-state index contributed by atoms with van der Waals surface area (Å²) in [5, 5.41) is 6.41. The van der Waals surface area contributed by atoms with Gasteiger partial charge in [0.05, 0.1) is 12.3 Å². The third kappa shape index (κ3) is 4.85. The standard InChI is InChI=1S/C16H19F3N4O3S/c1-22(27(24,25)11-12-5-3-2-4-6-12)13-7-8-23(9-13)10-14-20-21-15(26-14)16(17,18)19/h2-6,13H,7-11H2,1H3. The van der Waals surface area contributed by atoms with E-state index < -0.39 is 22.1 Å². The van der Waals surface area contributed by atoms with Gasteiger partial charge in [-0.1, -0.05) is 30.3 Å². The van der Waals surface area contributed by atoms with E-state index in [1.165, 1.54) is 11.4 Å². The predicted molar refractivity (Wildman–Crippen MR) is 89.8 cm³/mol. The van der Waals surface area contributed by atoms with Gasteiger partial charge in [-0.15, -0.1) is 10.2 Å². The van der Waals surface area contributed by atoms with Crippen molar-refractivity contribution in [3.05, 3.63) is 47.7 Å². The molecule has 3 rings (SSSR count). The van der Waals surface area contributed by atoms with Gasteiger partial charge in [0.1, 0.15) is 0 Å². The van der Waals surface area contributed by atoms with Crippen molar-refractivity contribution in [2.45, 2.75) is 30.9 Å². The van der Waals surface area contributed by atoms with Crippen molar-refractivity contribution in [2.24, 2.45) is 0 Å². The first-order chi connectivity index (χ1) is 12.6. The molecule has 11 heteroatoms. The zero-order chi connectivity index (χ0) is 19.7. The highest BCUT2D eigenvalue weighted by atomic mass is 32.2. The second kappa shape index (κ2) is 7.56. The quantitative estimate of drug-likeness (QED) is 0.734. The van der Waals surface area contributed by atoms with Gasteiger partial charge in [-0.25, -0.2) is 12.7 Å². The Morgan fingerprint density at radius 3 is 2.59 bits per heavy atom. The molecule has 0 amide bonds. The Hall–Kier alpha value is -1.98. The average Bonchev–Trinajstić information content (AvgIpc) is 3.24. The van der Waals surface area contributed by atoms with Crippen molar-refractivity contribution in [3.8, 4) is 0 Å². The third-order valence-electron chi connectivity index (χ3n) is 4.46. The maximum Gasteiger partial charge on any atom is 0.470 e. The van der Waals surface area contributed by atoms with Gasteiger partial charge in [0, 0.05) is 26.2 Å². The van der Waals surface area contributed by atoms with Gasteiger partial charge >= 0.3 is 12.1 Å². The minimum atomic E-state index is -4.68. The van der Waals surface area contributed by atoms with Crippen LogP contribution in [0.2, 0.25) is 0 Å². The molecule has 1 unspecified atom stereocenters. The van der Waals surface area contributed by atoms with E-state index in [2.05, 4.69) is 14.6 Å². The molecule has 2 aromatic rings. The van der Waals surface area contributed by atoms with E-state index in [1.54, 1.807) is 29.2 Å². The normalized spacial score (nSPS) is 19.1. The van der Waals surface area contributed by atoms with E-state index in [4.69, 9.17) is 0 Å². The highest BCUT2D eigenvalue weighted by Gasteiger charge is 2.39. The van der Waals surface area contributed by atoms with Gasteiger partial charge in [-0.2, -0.15) is 13.2 Å². The van der Waals surface area contributed by atoms with E-state index >= 15 is 0 Å². The Kier molecular flexibility index (Phi) is 5.54. The fourth-order valence-electron chi connectivity index (χ4n) is 2.99. The number of alkyl halides is 3. The summed E-state index contributed by atoms with van der Waals surface area (Å²) in [4.78, 5) is 1.80. The summed E-state index contributed by atoms with van der Waals surface area (Å²) in [5.41, 5.74) is 0.699.